The van der Waals surface area contributed by atoms with Gasteiger partial charge in [-0.1, -0.05) is 6.07 Å². The van der Waals surface area contributed by atoms with Crippen molar-refractivity contribution < 1.29 is 22.4 Å². The van der Waals surface area contributed by atoms with Crippen LogP contribution in [0.5, 0.6) is 0 Å². The van der Waals surface area contributed by atoms with Gasteiger partial charge in [-0.25, -0.2) is 13.4 Å². The van der Waals surface area contributed by atoms with E-state index in [9.17, 15) is 18.0 Å². The van der Waals surface area contributed by atoms with E-state index in [-0.39, 0.29) is 34.3 Å². The van der Waals surface area contributed by atoms with Gasteiger partial charge < -0.3 is 9.32 Å². The number of pyridine rings is 1. The molecule has 10 nitrogen and oxygen atoms in total. The zero-order chi connectivity index (χ0) is 26.8. The molecule has 1 saturated heterocycles. The Morgan fingerprint density at radius 2 is 1.95 bits per heavy atom. The first-order chi connectivity index (χ1) is 18.1. The summed E-state index contributed by atoms with van der Waals surface area (Å²) in [6, 6.07) is 8.93. The van der Waals surface area contributed by atoms with Gasteiger partial charge in [0.1, 0.15) is 11.6 Å². The summed E-state index contributed by atoms with van der Waals surface area (Å²) in [5.74, 6) is 1.72. The molecule has 2 fully saturated rings. The Kier molecular flexibility index (Phi) is 5.78. The quantitative estimate of drug-likeness (QED) is 0.480. The summed E-state index contributed by atoms with van der Waals surface area (Å²) in [6.45, 7) is 4.81. The predicted molar refractivity (Wildman–Crippen MR) is 141 cm³/mol. The number of aromatic nitrogens is 2. The van der Waals surface area contributed by atoms with E-state index >= 15 is 0 Å². The molecule has 1 aliphatic carbocycles. The van der Waals surface area contributed by atoms with Gasteiger partial charge in [-0.3, -0.25) is 19.8 Å². The Labute approximate surface area is 221 Å². The summed E-state index contributed by atoms with van der Waals surface area (Å²) in [5, 5.41) is 3.05. The van der Waals surface area contributed by atoms with Crippen LogP contribution in [0.4, 0.5) is 17.7 Å². The standard InChI is InChI=1S/C27H29N5O5S/c1-15-25(37-27(28-15)30-21-6-4-7-22(29-21)31-11-5-8-23(31)33)18-12-19-14-32(16(2)17-9-10-17)26(34)24(19)20(13-18)38(3,35)36/h4,6-7,12-13,16-17H,5,8-11,14H2,1-3H3,(H,28,29,30)/t16-/m0/s1. The van der Waals surface area contributed by atoms with Crippen LogP contribution in [-0.2, 0) is 21.2 Å². The first kappa shape index (κ1) is 24.6. The number of carbonyl (C=O) groups excluding carboxylic acids is 2. The number of amides is 2. The van der Waals surface area contributed by atoms with Gasteiger partial charge in [-0.05, 0) is 68.9 Å². The summed E-state index contributed by atoms with van der Waals surface area (Å²) in [6.07, 6.45) is 4.62. The van der Waals surface area contributed by atoms with Crippen LogP contribution in [-0.4, -0.2) is 53.9 Å². The zero-order valence-electron chi connectivity index (χ0n) is 21.5. The van der Waals surface area contributed by atoms with Gasteiger partial charge in [0.25, 0.3) is 5.91 Å². The third-order valence-electron chi connectivity index (χ3n) is 7.57. The molecule has 1 saturated carbocycles. The van der Waals surface area contributed by atoms with Crippen molar-refractivity contribution in [1.29, 1.82) is 0 Å². The van der Waals surface area contributed by atoms with Crippen LogP contribution in [0, 0.1) is 12.8 Å². The van der Waals surface area contributed by atoms with Crippen LogP contribution in [0.2, 0.25) is 0 Å². The van der Waals surface area contributed by atoms with Gasteiger partial charge in [-0.2, -0.15) is 4.98 Å². The van der Waals surface area contributed by atoms with E-state index in [1.165, 1.54) is 6.07 Å². The number of nitrogens with zero attached hydrogens (tertiary/aromatic N) is 4. The summed E-state index contributed by atoms with van der Waals surface area (Å²) < 4.78 is 31.6. The molecule has 4 heterocycles. The van der Waals surface area contributed by atoms with Crippen molar-refractivity contribution in [3.8, 4) is 11.3 Å². The van der Waals surface area contributed by atoms with Gasteiger partial charge in [-0.15, -0.1) is 0 Å². The third kappa shape index (κ3) is 4.34. The highest BCUT2D eigenvalue weighted by molar-refractivity contribution is 7.90. The van der Waals surface area contributed by atoms with E-state index < -0.39 is 9.84 Å². The molecule has 3 aliphatic rings. The van der Waals surface area contributed by atoms with Crippen molar-refractivity contribution in [2.45, 2.75) is 57.0 Å². The molecule has 3 aromatic rings. The lowest BCUT2D eigenvalue weighted by Gasteiger charge is -2.24. The third-order valence-corrected chi connectivity index (χ3v) is 8.69. The number of carbonyl (C=O) groups is 2. The molecule has 6 rings (SSSR count). The van der Waals surface area contributed by atoms with E-state index in [1.54, 1.807) is 34.9 Å². The molecule has 0 bridgehead atoms. The number of oxazole rings is 1. The smallest absolute Gasteiger partial charge is 0.301 e. The van der Waals surface area contributed by atoms with Gasteiger partial charge in [0.05, 0.1) is 16.2 Å². The minimum absolute atomic E-state index is 0.00968. The second kappa shape index (κ2) is 8.93. The molecule has 38 heavy (non-hydrogen) atoms. The van der Waals surface area contributed by atoms with Crippen LogP contribution < -0.4 is 10.2 Å². The van der Waals surface area contributed by atoms with E-state index in [1.807, 2.05) is 13.0 Å². The normalized spacial score (nSPS) is 18.3. The molecule has 0 unspecified atom stereocenters. The first-order valence-corrected chi connectivity index (χ1v) is 14.7. The Morgan fingerprint density at radius 1 is 1.16 bits per heavy atom. The first-order valence-electron chi connectivity index (χ1n) is 12.8. The predicted octanol–water partition coefficient (Wildman–Crippen LogP) is 4.07. The number of sulfone groups is 1. The molecule has 0 spiro atoms. The fraction of sp³-hybridized carbons (Fsp3) is 0.407. The molecular formula is C27H29N5O5S. The molecule has 0 radical (unpaired) electrons. The molecule has 198 valence electrons. The largest absolute Gasteiger partial charge is 0.423 e. The number of hydrogen-bond donors (Lipinski definition) is 1. The van der Waals surface area contributed by atoms with Crippen molar-refractivity contribution in [2.24, 2.45) is 5.92 Å². The van der Waals surface area contributed by atoms with E-state index in [0.29, 0.717) is 59.6 Å². The summed E-state index contributed by atoms with van der Waals surface area (Å²) in [7, 11) is -3.68. The van der Waals surface area contributed by atoms with Crippen LogP contribution >= 0.6 is 0 Å². The van der Waals surface area contributed by atoms with Crippen molar-refractivity contribution in [1.82, 2.24) is 14.9 Å². The highest BCUT2D eigenvalue weighted by Crippen LogP contribution is 2.41. The molecule has 1 atom stereocenters. The Morgan fingerprint density at radius 3 is 2.63 bits per heavy atom. The Balaban J connectivity index is 1.33. The van der Waals surface area contributed by atoms with Crippen LogP contribution in [0.3, 0.4) is 0 Å². The maximum absolute atomic E-state index is 13.3. The molecular weight excluding hydrogens is 506 g/mol. The number of nitrogens with one attached hydrogen (secondary N) is 1. The zero-order valence-corrected chi connectivity index (χ0v) is 22.3. The number of rotatable bonds is 7. The summed E-state index contributed by atoms with van der Waals surface area (Å²) in [4.78, 5) is 37.8. The fourth-order valence-electron chi connectivity index (χ4n) is 5.39. The minimum Gasteiger partial charge on any atom is -0.423 e. The minimum atomic E-state index is -3.68. The van der Waals surface area contributed by atoms with E-state index in [4.69, 9.17) is 4.42 Å². The summed E-state index contributed by atoms with van der Waals surface area (Å²) >= 11 is 0. The molecule has 2 aromatic heterocycles. The second-order valence-electron chi connectivity index (χ2n) is 10.4. The molecule has 2 aliphatic heterocycles. The lowest BCUT2D eigenvalue weighted by Crippen LogP contribution is -2.35. The fourth-order valence-corrected chi connectivity index (χ4v) is 6.32. The molecule has 1 N–H and O–H groups in total. The lowest BCUT2D eigenvalue weighted by atomic mass is 10.0. The number of benzene rings is 1. The number of anilines is 3. The van der Waals surface area contributed by atoms with Crippen molar-refractivity contribution in [3.05, 3.63) is 47.2 Å². The highest BCUT2D eigenvalue weighted by Gasteiger charge is 2.41. The van der Waals surface area contributed by atoms with Crippen molar-refractivity contribution in [2.75, 3.05) is 23.0 Å². The van der Waals surface area contributed by atoms with Gasteiger partial charge >= 0.3 is 6.01 Å². The van der Waals surface area contributed by atoms with Gasteiger partial charge in [0.15, 0.2) is 15.6 Å². The second-order valence-corrected chi connectivity index (χ2v) is 12.4. The maximum Gasteiger partial charge on any atom is 0.301 e. The monoisotopic (exact) mass is 535 g/mol. The van der Waals surface area contributed by atoms with Crippen molar-refractivity contribution >= 4 is 39.3 Å². The number of aryl methyl sites for hydroxylation is 1. The Bertz CT molecular complexity index is 1580. The van der Waals surface area contributed by atoms with Crippen LogP contribution in [0.15, 0.2) is 39.6 Å². The average Bonchev–Trinajstić information content (AvgIpc) is 3.41. The maximum atomic E-state index is 13.3. The highest BCUT2D eigenvalue weighted by atomic mass is 32.2. The molecule has 1 aromatic carbocycles. The molecule has 11 heteroatoms. The van der Waals surface area contributed by atoms with E-state index in [2.05, 4.69) is 15.3 Å². The molecule has 2 amide bonds. The SMILES string of the molecule is Cc1nc(Nc2cccc(N3CCCC3=O)n2)oc1-c1cc2c(c(S(C)(=O)=O)c1)C(=O)N([C@@H](C)C1CC1)C2. The van der Waals surface area contributed by atoms with Gasteiger partial charge in [0.2, 0.25) is 5.91 Å². The topological polar surface area (TPSA) is 126 Å². The van der Waals surface area contributed by atoms with Gasteiger partial charge in [0, 0.05) is 37.4 Å². The number of hydrogen-bond acceptors (Lipinski definition) is 8. The van der Waals surface area contributed by atoms with Crippen LogP contribution in [0.25, 0.3) is 11.3 Å². The van der Waals surface area contributed by atoms with Crippen molar-refractivity contribution in [3.63, 3.8) is 0 Å². The van der Waals surface area contributed by atoms with Crippen LogP contribution in [0.1, 0.15) is 54.2 Å². The number of fused-ring (bicyclic) bond motifs is 1. The Hall–Kier alpha value is -3.73. The lowest BCUT2D eigenvalue weighted by molar-refractivity contribution is -0.117. The summed E-state index contributed by atoms with van der Waals surface area (Å²) in [5.41, 5.74) is 2.04. The van der Waals surface area contributed by atoms with E-state index in [0.717, 1.165) is 25.5 Å². The average molecular weight is 536 g/mol.